The quantitative estimate of drug-likeness (QED) is 0.861. The van der Waals surface area contributed by atoms with E-state index in [9.17, 15) is 14.0 Å². The molecule has 0 radical (unpaired) electrons. The van der Waals surface area contributed by atoms with Gasteiger partial charge in [0.1, 0.15) is 11.9 Å². The van der Waals surface area contributed by atoms with Crippen molar-refractivity contribution in [2.24, 2.45) is 0 Å². The molecule has 2 N–H and O–H groups in total. The van der Waals surface area contributed by atoms with Crippen molar-refractivity contribution in [1.82, 2.24) is 4.90 Å². The number of urea groups is 1. The van der Waals surface area contributed by atoms with E-state index in [4.69, 9.17) is 4.74 Å². The number of nitrogens with zero attached hydrogens (tertiary/aromatic N) is 1. The molecule has 3 rings (SSSR count). The lowest BCUT2D eigenvalue weighted by molar-refractivity contribution is -0.0135. The summed E-state index contributed by atoms with van der Waals surface area (Å²) in [6, 6.07) is 12.5. The molecule has 0 spiro atoms. The number of benzene rings is 2. The van der Waals surface area contributed by atoms with Crippen LogP contribution in [0, 0.1) is 5.82 Å². The fourth-order valence-electron chi connectivity index (χ4n) is 2.72. The average molecular weight is 373 g/mol. The van der Waals surface area contributed by atoms with Crippen LogP contribution in [0.2, 0.25) is 0 Å². The van der Waals surface area contributed by atoms with Crippen LogP contribution < -0.4 is 10.6 Å². The van der Waals surface area contributed by atoms with Crippen LogP contribution in [0.3, 0.4) is 0 Å². The van der Waals surface area contributed by atoms with Crippen molar-refractivity contribution in [1.29, 1.82) is 0 Å². The van der Waals surface area contributed by atoms with Gasteiger partial charge in [-0.05, 0) is 42.0 Å². The number of rotatable bonds is 3. The summed E-state index contributed by atoms with van der Waals surface area (Å²) < 4.78 is 23.3. The molecule has 1 atom stereocenters. The number of halogens is 1. The van der Waals surface area contributed by atoms with E-state index in [2.05, 4.69) is 15.4 Å². The van der Waals surface area contributed by atoms with Gasteiger partial charge < -0.3 is 19.7 Å². The SMILES string of the molecule is COC(=O)Nc1ccc(NC(=O)N2CCOC(c3ccc(F)cc3)C2)cc1. The molecule has 0 aromatic heterocycles. The molecule has 0 saturated carbocycles. The summed E-state index contributed by atoms with van der Waals surface area (Å²) in [4.78, 5) is 25.3. The average Bonchev–Trinajstić information content (AvgIpc) is 2.70. The van der Waals surface area contributed by atoms with Gasteiger partial charge in [0.15, 0.2) is 0 Å². The van der Waals surface area contributed by atoms with Crippen LogP contribution in [-0.4, -0.2) is 43.8 Å². The van der Waals surface area contributed by atoms with E-state index in [0.717, 1.165) is 5.56 Å². The van der Waals surface area contributed by atoms with Crippen molar-refractivity contribution in [2.75, 3.05) is 37.4 Å². The van der Waals surface area contributed by atoms with E-state index in [0.29, 0.717) is 31.1 Å². The van der Waals surface area contributed by atoms with Gasteiger partial charge in [-0.1, -0.05) is 12.1 Å². The summed E-state index contributed by atoms with van der Waals surface area (Å²) in [5.41, 5.74) is 1.98. The Morgan fingerprint density at radius 1 is 1.07 bits per heavy atom. The molecule has 0 aliphatic carbocycles. The van der Waals surface area contributed by atoms with Crippen molar-refractivity contribution >= 4 is 23.5 Å². The molecule has 3 amide bonds. The van der Waals surface area contributed by atoms with Gasteiger partial charge in [-0.25, -0.2) is 14.0 Å². The largest absolute Gasteiger partial charge is 0.453 e. The van der Waals surface area contributed by atoms with Crippen LogP contribution in [0.5, 0.6) is 0 Å². The summed E-state index contributed by atoms with van der Waals surface area (Å²) >= 11 is 0. The molecule has 1 fully saturated rings. The number of methoxy groups -OCH3 is 1. The first kappa shape index (κ1) is 18.7. The topological polar surface area (TPSA) is 79.9 Å². The highest BCUT2D eigenvalue weighted by molar-refractivity contribution is 5.90. The van der Waals surface area contributed by atoms with Crippen LogP contribution in [-0.2, 0) is 9.47 Å². The van der Waals surface area contributed by atoms with Crippen molar-refractivity contribution in [3.8, 4) is 0 Å². The van der Waals surface area contributed by atoms with Crippen molar-refractivity contribution in [2.45, 2.75) is 6.10 Å². The maximum atomic E-state index is 13.1. The highest BCUT2D eigenvalue weighted by atomic mass is 19.1. The Labute approximate surface area is 156 Å². The molecular formula is C19H20FN3O4. The molecule has 0 bridgehead atoms. The van der Waals surface area contributed by atoms with E-state index < -0.39 is 6.09 Å². The smallest absolute Gasteiger partial charge is 0.411 e. The Kier molecular flexibility index (Phi) is 5.87. The molecule has 1 heterocycles. The third-order valence-electron chi connectivity index (χ3n) is 4.16. The third-order valence-corrected chi connectivity index (χ3v) is 4.16. The van der Waals surface area contributed by atoms with Gasteiger partial charge in [-0.2, -0.15) is 0 Å². The predicted molar refractivity (Wildman–Crippen MR) is 98.2 cm³/mol. The molecule has 1 unspecified atom stereocenters. The van der Waals surface area contributed by atoms with Gasteiger partial charge in [-0.3, -0.25) is 5.32 Å². The molecule has 2 aromatic rings. The lowest BCUT2D eigenvalue weighted by Crippen LogP contribution is -2.44. The highest BCUT2D eigenvalue weighted by Crippen LogP contribution is 2.23. The van der Waals surface area contributed by atoms with E-state index >= 15 is 0 Å². The molecular weight excluding hydrogens is 353 g/mol. The Morgan fingerprint density at radius 2 is 1.70 bits per heavy atom. The van der Waals surface area contributed by atoms with Crippen molar-refractivity contribution in [3.05, 3.63) is 59.9 Å². The van der Waals surface area contributed by atoms with Crippen molar-refractivity contribution < 1.29 is 23.5 Å². The van der Waals surface area contributed by atoms with E-state index in [1.165, 1.54) is 19.2 Å². The Bertz CT molecular complexity index is 796. The third kappa shape index (κ3) is 4.95. The summed E-state index contributed by atoms with van der Waals surface area (Å²) in [5, 5.41) is 5.35. The second-order valence-corrected chi connectivity index (χ2v) is 5.98. The maximum absolute atomic E-state index is 13.1. The minimum absolute atomic E-state index is 0.251. The van der Waals surface area contributed by atoms with Crippen LogP contribution in [0.25, 0.3) is 0 Å². The highest BCUT2D eigenvalue weighted by Gasteiger charge is 2.25. The Hall–Kier alpha value is -3.13. The number of nitrogens with one attached hydrogen (secondary N) is 2. The number of hydrogen-bond acceptors (Lipinski definition) is 4. The minimum Gasteiger partial charge on any atom is -0.453 e. The number of carbonyl (C=O) groups excluding carboxylic acids is 2. The van der Waals surface area contributed by atoms with Gasteiger partial charge in [0.05, 0.1) is 20.3 Å². The molecule has 8 heteroatoms. The second kappa shape index (κ2) is 8.50. The number of anilines is 2. The van der Waals surface area contributed by atoms with E-state index in [-0.39, 0.29) is 18.0 Å². The summed E-state index contributed by atoms with van der Waals surface area (Å²) in [6.07, 6.45) is -0.858. The first-order valence-corrected chi connectivity index (χ1v) is 8.43. The van der Waals surface area contributed by atoms with Crippen LogP contribution >= 0.6 is 0 Å². The molecule has 7 nitrogen and oxygen atoms in total. The predicted octanol–water partition coefficient (Wildman–Crippen LogP) is 3.61. The zero-order chi connectivity index (χ0) is 19.2. The standard InChI is InChI=1S/C19H20FN3O4/c1-26-19(25)22-16-8-6-15(7-9-16)21-18(24)23-10-11-27-17(12-23)13-2-4-14(20)5-3-13/h2-9,17H,10-12H2,1H3,(H,21,24)(H,22,25). The lowest BCUT2D eigenvalue weighted by Gasteiger charge is -2.33. The lowest BCUT2D eigenvalue weighted by atomic mass is 10.1. The van der Waals surface area contributed by atoms with Gasteiger partial charge in [-0.15, -0.1) is 0 Å². The van der Waals surface area contributed by atoms with Crippen LogP contribution in [0.15, 0.2) is 48.5 Å². The van der Waals surface area contributed by atoms with Crippen LogP contribution in [0.1, 0.15) is 11.7 Å². The molecule has 27 heavy (non-hydrogen) atoms. The number of hydrogen-bond donors (Lipinski definition) is 2. The fraction of sp³-hybridized carbons (Fsp3) is 0.263. The number of morpholine rings is 1. The van der Waals surface area contributed by atoms with Crippen molar-refractivity contribution in [3.63, 3.8) is 0 Å². The number of ether oxygens (including phenoxy) is 2. The number of carbonyl (C=O) groups is 2. The summed E-state index contributed by atoms with van der Waals surface area (Å²) in [6.45, 7) is 1.24. The first-order valence-electron chi connectivity index (χ1n) is 8.43. The minimum atomic E-state index is -0.563. The van der Waals surface area contributed by atoms with Gasteiger partial charge in [0.2, 0.25) is 0 Å². The van der Waals surface area contributed by atoms with E-state index in [1.807, 2.05) is 0 Å². The zero-order valence-electron chi connectivity index (χ0n) is 14.8. The Morgan fingerprint density at radius 3 is 2.33 bits per heavy atom. The molecule has 1 aliphatic rings. The van der Waals surface area contributed by atoms with E-state index in [1.54, 1.807) is 41.3 Å². The van der Waals surface area contributed by atoms with Gasteiger partial charge in [0, 0.05) is 17.9 Å². The molecule has 1 aliphatic heterocycles. The summed E-state index contributed by atoms with van der Waals surface area (Å²) in [7, 11) is 1.28. The maximum Gasteiger partial charge on any atom is 0.411 e. The second-order valence-electron chi connectivity index (χ2n) is 5.98. The monoisotopic (exact) mass is 373 g/mol. The molecule has 2 aromatic carbocycles. The van der Waals surface area contributed by atoms with Crippen LogP contribution in [0.4, 0.5) is 25.4 Å². The normalized spacial score (nSPS) is 16.5. The molecule has 1 saturated heterocycles. The Balaban J connectivity index is 1.58. The zero-order valence-corrected chi connectivity index (χ0v) is 14.8. The van der Waals surface area contributed by atoms with Gasteiger partial charge >= 0.3 is 12.1 Å². The van der Waals surface area contributed by atoms with Gasteiger partial charge in [0.25, 0.3) is 0 Å². The summed E-state index contributed by atoms with van der Waals surface area (Å²) in [5.74, 6) is -0.311. The first-order chi connectivity index (χ1) is 13.0. The fourth-order valence-corrected chi connectivity index (χ4v) is 2.72. The number of amides is 3. The molecule has 142 valence electrons.